The van der Waals surface area contributed by atoms with Crippen molar-refractivity contribution in [2.24, 2.45) is 5.73 Å². The maximum Gasteiger partial charge on any atom is 0.417 e. The first-order chi connectivity index (χ1) is 7.29. The molecule has 1 aromatic rings. The van der Waals surface area contributed by atoms with E-state index in [1.807, 2.05) is 0 Å². The summed E-state index contributed by atoms with van der Waals surface area (Å²) in [5, 5.41) is 8.63. The number of rotatable bonds is 1. The summed E-state index contributed by atoms with van der Waals surface area (Å²) in [7, 11) is 0. The fraction of sp³-hybridized carbons (Fsp3) is 0.111. The Morgan fingerprint density at radius 1 is 1.44 bits per heavy atom. The quantitative estimate of drug-likeness (QED) is 0.797. The van der Waals surface area contributed by atoms with Crippen molar-refractivity contribution < 1.29 is 18.0 Å². The first kappa shape index (κ1) is 12.8. The van der Waals surface area contributed by atoms with E-state index in [4.69, 9.17) is 11.0 Å². The summed E-state index contributed by atoms with van der Waals surface area (Å²) < 4.78 is 37.5. The van der Waals surface area contributed by atoms with Crippen molar-refractivity contribution in [1.29, 1.82) is 5.26 Å². The normalized spacial score (nSPS) is 10.9. The average molecular weight is 340 g/mol. The summed E-state index contributed by atoms with van der Waals surface area (Å²) in [5.41, 5.74) is 3.09. The van der Waals surface area contributed by atoms with Crippen molar-refractivity contribution >= 4 is 28.5 Å². The number of benzene rings is 1. The lowest BCUT2D eigenvalue weighted by Gasteiger charge is -2.12. The monoisotopic (exact) mass is 340 g/mol. The maximum atomic E-state index is 12.5. The number of nitrogens with two attached hydrogens (primary N) is 1. The number of carbonyl (C=O) groups is 1. The van der Waals surface area contributed by atoms with Crippen LogP contribution in [-0.4, -0.2) is 5.91 Å². The minimum atomic E-state index is -4.67. The third-order valence-corrected chi connectivity index (χ3v) is 2.93. The topological polar surface area (TPSA) is 66.9 Å². The van der Waals surface area contributed by atoms with Gasteiger partial charge in [-0.3, -0.25) is 4.79 Å². The van der Waals surface area contributed by atoms with Crippen LogP contribution in [0.2, 0.25) is 0 Å². The molecule has 0 aliphatic heterocycles. The molecule has 16 heavy (non-hydrogen) atoms. The first-order valence-corrected chi connectivity index (χ1v) is 4.96. The number of alkyl halides is 3. The van der Waals surface area contributed by atoms with Crippen molar-refractivity contribution in [3.8, 4) is 6.07 Å². The van der Waals surface area contributed by atoms with Crippen LogP contribution in [0.15, 0.2) is 12.1 Å². The molecule has 1 amide bonds. The summed E-state index contributed by atoms with van der Waals surface area (Å²) in [6.45, 7) is 0. The van der Waals surface area contributed by atoms with Crippen molar-refractivity contribution in [3.63, 3.8) is 0 Å². The summed E-state index contributed by atoms with van der Waals surface area (Å²) in [6, 6.07) is 3.38. The number of halogens is 4. The Morgan fingerprint density at radius 2 is 2.00 bits per heavy atom. The zero-order valence-corrected chi connectivity index (χ0v) is 9.76. The zero-order valence-electron chi connectivity index (χ0n) is 7.60. The predicted octanol–water partition coefficient (Wildman–Crippen LogP) is 2.28. The summed E-state index contributed by atoms with van der Waals surface area (Å²) >= 11 is 1.50. The van der Waals surface area contributed by atoms with Crippen LogP contribution >= 0.6 is 22.6 Å². The molecule has 1 aromatic carbocycles. The van der Waals surface area contributed by atoms with E-state index < -0.39 is 23.2 Å². The number of hydrogen-bond donors (Lipinski definition) is 1. The molecule has 1 rings (SSSR count). The van der Waals surface area contributed by atoms with Gasteiger partial charge in [0, 0.05) is 3.57 Å². The number of nitriles is 1. The molecule has 3 nitrogen and oxygen atoms in total. The number of nitrogens with zero attached hydrogens (tertiary/aromatic N) is 1. The van der Waals surface area contributed by atoms with Crippen LogP contribution in [-0.2, 0) is 6.18 Å². The number of carbonyl (C=O) groups excluding carboxylic acids is 1. The highest BCUT2D eigenvalue weighted by atomic mass is 127. The van der Waals surface area contributed by atoms with Gasteiger partial charge in [-0.15, -0.1) is 0 Å². The van der Waals surface area contributed by atoms with Gasteiger partial charge in [-0.1, -0.05) is 0 Å². The third-order valence-electron chi connectivity index (χ3n) is 1.81. The van der Waals surface area contributed by atoms with Gasteiger partial charge in [-0.2, -0.15) is 18.4 Å². The fourth-order valence-electron chi connectivity index (χ4n) is 1.14. The molecule has 0 saturated heterocycles. The highest BCUT2D eigenvalue weighted by molar-refractivity contribution is 14.1. The molecule has 0 fully saturated rings. The van der Waals surface area contributed by atoms with Gasteiger partial charge < -0.3 is 5.73 Å². The van der Waals surface area contributed by atoms with Gasteiger partial charge in [0.2, 0.25) is 5.91 Å². The van der Waals surface area contributed by atoms with Crippen LogP contribution in [0.25, 0.3) is 0 Å². The SMILES string of the molecule is N#Cc1ccc(C(F)(F)F)c(C(N)=O)c1I. The van der Waals surface area contributed by atoms with E-state index in [1.54, 1.807) is 6.07 Å². The van der Waals surface area contributed by atoms with E-state index in [-0.39, 0.29) is 9.13 Å². The van der Waals surface area contributed by atoms with Gasteiger partial charge in [0.05, 0.1) is 16.7 Å². The van der Waals surface area contributed by atoms with Gasteiger partial charge in [0.15, 0.2) is 0 Å². The van der Waals surface area contributed by atoms with Gasteiger partial charge >= 0.3 is 6.18 Å². The Hall–Kier alpha value is -1.30. The van der Waals surface area contributed by atoms with E-state index in [0.717, 1.165) is 6.07 Å². The summed E-state index contributed by atoms with van der Waals surface area (Å²) in [5.74, 6) is -1.20. The Morgan fingerprint density at radius 3 is 2.38 bits per heavy atom. The molecule has 0 aliphatic rings. The number of amides is 1. The molecule has 2 N–H and O–H groups in total. The summed E-state index contributed by atoms with van der Waals surface area (Å²) in [6.07, 6.45) is -4.67. The average Bonchev–Trinajstić information content (AvgIpc) is 2.15. The van der Waals surface area contributed by atoms with Crippen LogP contribution in [0.5, 0.6) is 0 Å². The Bertz CT molecular complexity index is 491. The largest absolute Gasteiger partial charge is 0.417 e. The van der Waals surface area contributed by atoms with Crippen LogP contribution < -0.4 is 5.73 Å². The number of hydrogen-bond acceptors (Lipinski definition) is 2. The maximum absolute atomic E-state index is 12.5. The van der Waals surface area contributed by atoms with E-state index in [9.17, 15) is 18.0 Å². The predicted molar refractivity (Wildman–Crippen MR) is 57.4 cm³/mol. The molecule has 0 radical (unpaired) electrons. The van der Waals surface area contributed by atoms with Crippen LogP contribution in [0, 0.1) is 14.9 Å². The highest BCUT2D eigenvalue weighted by Crippen LogP contribution is 2.34. The third kappa shape index (κ3) is 2.27. The second-order valence-corrected chi connectivity index (χ2v) is 3.90. The van der Waals surface area contributed by atoms with Crippen LogP contribution in [0.1, 0.15) is 21.5 Å². The van der Waals surface area contributed by atoms with E-state index in [0.29, 0.717) is 6.07 Å². The highest BCUT2D eigenvalue weighted by Gasteiger charge is 2.36. The van der Waals surface area contributed by atoms with E-state index in [1.165, 1.54) is 22.6 Å². The Kier molecular flexibility index (Phi) is 3.42. The molecule has 0 bridgehead atoms. The van der Waals surface area contributed by atoms with Crippen molar-refractivity contribution in [2.75, 3.05) is 0 Å². The molecular weight excluding hydrogens is 336 g/mol. The Labute approximate surface area is 102 Å². The molecule has 0 spiro atoms. The molecule has 7 heteroatoms. The molecule has 0 aromatic heterocycles. The molecule has 0 aliphatic carbocycles. The van der Waals surface area contributed by atoms with Gasteiger partial charge in [-0.05, 0) is 34.7 Å². The minimum absolute atomic E-state index is 0.0117. The van der Waals surface area contributed by atoms with Crippen molar-refractivity contribution in [2.45, 2.75) is 6.18 Å². The van der Waals surface area contributed by atoms with Crippen LogP contribution in [0.4, 0.5) is 13.2 Å². The Balaban J connectivity index is 3.62. The van der Waals surface area contributed by atoms with Crippen molar-refractivity contribution in [1.82, 2.24) is 0 Å². The molecule has 0 heterocycles. The lowest BCUT2D eigenvalue weighted by atomic mass is 10.0. The molecular formula is C9H4F3IN2O. The minimum Gasteiger partial charge on any atom is -0.366 e. The first-order valence-electron chi connectivity index (χ1n) is 3.88. The van der Waals surface area contributed by atoms with Gasteiger partial charge in [-0.25, -0.2) is 0 Å². The van der Waals surface area contributed by atoms with Gasteiger partial charge in [0.25, 0.3) is 0 Å². The smallest absolute Gasteiger partial charge is 0.366 e. The van der Waals surface area contributed by atoms with E-state index in [2.05, 4.69) is 0 Å². The molecule has 84 valence electrons. The lowest BCUT2D eigenvalue weighted by Crippen LogP contribution is -2.21. The summed E-state index contributed by atoms with van der Waals surface area (Å²) in [4.78, 5) is 11.0. The molecule has 0 atom stereocenters. The number of primary amides is 1. The van der Waals surface area contributed by atoms with E-state index >= 15 is 0 Å². The van der Waals surface area contributed by atoms with Gasteiger partial charge in [0.1, 0.15) is 6.07 Å². The van der Waals surface area contributed by atoms with Crippen LogP contribution in [0.3, 0.4) is 0 Å². The standard InChI is InChI=1S/C9H4F3IN2O/c10-9(11,12)5-2-1-4(3-14)7(13)6(5)8(15)16/h1-2H,(H2,15,16). The van der Waals surface area contributed by atoms with Crippen molar-refractivity contribution in [3.05, 3.63) is 32.4 Å². The zero-order chi connectivity index (χ0) is 12.5. The lowest BCUT2D eigenvalue weighted by molar-refractivity contribution is -0.138. The fourth-order valence-corrected chi connectivity index (χ4v) is 2.00. The molecule has 0 unspecified atom stereocenters. The second-order valence-electron chi connectivity index (χ2n) is 2.82. The second kappa shape index (κ2) is 4.29. The molecule has 0 saturated carbocycles.